The molecular weight excluding hydrogens is 401 g/mol. The van der Waals surface area contributed by atoms with Crippen LogP contribution in [0.2, 0.25) is 0 Å². The van der Waals surface area contributed by atoms with Crippen molar-refractivity contribution in [3.63, 3.8) is 0 Å². The number of anilines is 2. The number of rotatable bonds is 2. The number of aliphatic imine (C=N–C) groups is 1. The normalized spacial score (nSPS) is 13.6. The molecule has 0 atom stereocenters. The van der Waals surface area contributed by atoms with Gasteiger partial charge in [-0.25, -0.2) is 12.7 Å². The monoisotopic (exact) mass is 416 g/mol. The first-order valence-electron chi connectivity index (χ1n) is 8.64. The Morgan fingerprint density at radius 1 is 0.897 bits per heavy atom. The fraction of sp³-hybridized carbons (Fsp3) is 0.0952. The minimum Gasteiger partial charge on any atom is -0.254 e. The van der Waals surface area contributed by atoms with Crippen LogP contribution in [0.15, 0.2) is 76.6 Å². The lowest BCUT2D eigenvalue weighted by Gasteiger charge is -2.26. The zero-order chi connectivity index (χ0) is 20.8. The molecule has 0 unspecified atom stereocenters. The molecule has 8 heteroatoms. The summed E-state index contributed by atoms with van der Waals surface area (Å²) >= 11 is 0. The van der Waals surface area contributed by atoms with Crippen LogP contribution in [0.5, 0.6) is 0 Å². The van der Waals surface area contributed by atoms with E-state index in [2.05, 4.69) is 4.99 Å². The molecule has 29 heavy (non-hydrogen) atoms. The predicted molar refractivity (Wildman–Crippen MR) is 106 cm³/mol. The summed E-state index contributed by atoms with van der Waals surface area (Å²) in [6, 6.07) is 15.8. The zero-order valence-electron chi connectivity index (χ0n) is 15.2. The van der Waals surface area contributed by atoms with E-state index in [0.717, 1.165) is 28.1 Å². The van der Waals surface area contributed by atoms with Crippen molar-refractivity contribution in [2.45, 2.75) is 18.0 Å². The lowest BCUT2D eigenvalue weighted by molar-refractivity contribution is -0.137. The van der Waals surface area contributed by atoms with Gasteiger partial charge in [-0.1, -0.05) is 35.9 Å². The van der Waals surface area contributed by atoms with Crippen LogP contribution in [0, 0.1) is 6.92 Å². The Balaban J connectivity index is 1.98. The average molecular weight is 416 g/mol. The van der Waals surface area contributed by atoms with Gasteiger partial charge in [0.15, 0.2) is 0 Å². The van der Waals surface area contributed by atoms with Crippen LogP contribution in [0.4, 0.5) is 30.2 Å². The van der Waals surface area contributed by atoms with Gasteiger partial charge in [-0.2, -0.15) is 13.2 Å². The van der Waals surface area contributed by atoms with Gasteiger partial charge in [0.05, 0.1) is 27.5 Å². The van der Waals surface area contributed by atoms with Crippen molar-refractivity contribution in [1.82, 2.24) is 0 Å². The van der Waals surface area contributed by atoms with Gasteiger partial charge in [-0.05, 0) is 43.3 Å². The molecule has 0 N–H and O–H groups in total. The van der Waals surface area contributed by atoms with Crippen molar-refractivity contribution >= 4 is 33.3 Å². The third kappa shape index (κ3) is 3.40. The van der Waals surface area contributed by atoms with E-state index in [0.29, 0.717) is 11.3 Å². The number of sulfonamides is 1. The molecule has 0 saturated carbocycles. The van der Waals surface area contributed by atoms with E-state index in [9.17, 15) is 21.6 Å². The summed E-state index contributed by atoms with van der Waals surface area (Å²) in [5.41, 5.74) is 0.764. The Labute approximate surface area is 166 Å². The molecule has 0 fully saturated rings. The Morgan fingerprint density at radius 3 is 2.28 bits per heavy atom. The minimum absolute atomic E-state index is 0.0330. The molecule has 0 aliphatic carbocycles. The molecule has 1 heterocycles. The highest BCUT2D eigenvalue weighted by molar-refractivity contribution is 7.93. The summed E-state index contributed by atoms with van der Waals surface area (Å²) in [6.45, 7) is 1.83. The van der Waals surface area contributed by atoms with Gasteiger partial charge in [0.2, 0.25) is 0 Å². The van der Waals surface area contributed by atoms with E-state index in [4.69, 9.17) is 0 Å². The number of halogens is 3. The van der Waals surface area contributed by atoms with Crippen LogP contribution in [0.3, 0.4) is 0 Å². The molecule has 0 amide bonds. The zero-order valence-corrected chi connectivity index (χ0v) is 16.0. The second-order valence-corrected chi connectivity index (χ2v) is 8.39. The third-order valence-electron chi connectivity index (χ3n) is 4.58. The van der Waals surface area contributed by atoms with Gasteiger partial charge in [-0.3, -0.25) is 4.99 Å². The average Bonchev–Trinajstić information content (AvgIpc) is 2.84. The molecule has 0 bridgehead atoms. The molecule has 4 nitrogen and oxygen atoms in total. The van der Waals surface area contributed by atoms with E-state index < -0.39 is 21.8 Å². The summed E-state index contributed by atoms with van der Waals surface area (Å²) in [6.07, 6.45) is -3.19. The predicted octanol–water partition coefficient (Wildman–Crippen LogP) is 5.60. The third-order valence-corrected chi connectivity index (χ3v) is 6.32. The van der Waals surface area contributed by atoms with E-state index in [1.807, 2.05) is 6.92 Å². The van der Waals surface area contributed by atoms with Crippen molar-refractivity contribution in [3.05, 3.63) is 83.4 Å². The number of nitrogens with zero attached hydrogens (tertiary/aromatic N) is 2. The number of aryl methyl sites for hydroxylation is 1. The van der Waals surface area contributed by atoms with Crippen LogP contribution in [0.1, 0.15) is 16.7 Å². The first-order valence-corrected chi connectivity index (χ1v) is 10.1. The number of para-hydroxylation sites is 1. The number of hydrogen-bond donors (Lipinski definition) is 0. The Hall–Kier alpha value is -3.13. The SMILES string of the molecule is Cc1ccc(S(=O)(=O)N2c3ccccc3C=Nc3cc(C(F)(F)F)ccc32)cc1. The first-order chi connectivity index (χ1) is 13.7. The standard InChI is InChI=1S/C21H15F3N2O2S/c1-14-6-9-17(10-7-14)29(27,28)26-19-5-3-2-4-15(19)13-25-18-12-16(21(22,23)24)8-11-20(18)26/h2-13H,1H3. The fourth-order valence-corrected chi connectivity index (χ4v) is 4.63. The maximum Gasteiger partial charge on any atom is 0.416 e. The lowest BCUT2D eigenvalue weighted by atomic mass is 10.1. The van der Waals surface area contributed by atoms with E-state index >= 15 is 0 Å². The van der Waals surface area contributed by atoms with Crippen LogP contribution in [-0.2, 0) is 16.2 Å². The largest absolute Gasteiger partial charge is 0.416 e. The molecule has 3 aromatic rings. The number of benzene rings is 3. The second kappa shape index (κ2) is 6.73. The van der Waals surface area contributed by atoms with Crippen LogP contribution < -0.4 is 4.31 Å². The minimum atomic E-state index is -4.57. The van der Waals surface area contributed by atoms with E-state index in [1.54, 1.807) is 36.4 Å². The molecule has 0 saturated heterocycles. The van der Waals surface area contributed by atoms with E-state index in [-0.39, 0.29) is 16.3 Å². The van der Waals surface area contributed by atoms with Crippen LogP contribution >= 0.6 is 0 Å². The van der Waals surface area contributed by atoms with Gasteiger partial charge < -0.3 is 0 Å². The second-order valence-electron chi connectivity index (χ2n) is 6.60. The summed E-state index contributed by atoms with van der Waals surface area (Å²) in [5.74, 6) is 0. The van der Waals surface area contributed by atoms with Gasteiger partial charge >= 0.3 is 6.18 Å². The van der Waals surface area contributed by atoms with Crippen molar-refractivity contribution in [3.8, 4) is 0 Å². The summed E-state index contributed by atoms with van der Waals surface area (Å²) < 4.78 is 67.6. The number of alkyl halides is 3. The molecule has 0 spiro atoms. The molecule has 1 aliphatic heterocycles. The first kappa shape index (κ1) is 19.2. The molecule has 148 valence electrons. The Kier molecular flexibility index (Phi) is 4.46. The summed E-state index contributed by atoms with van der Waals surface area (Å²) in [4.78, 5) is 4.18. The summed E-state index contributed by atoms with van der Waals surface area (Å²) in [7, 11) is -4.11. The van der Waals surface area contributed by atoms with Crippen LogP contribution in [-0.4, -0.2) is 14.6 Å². The quantitative estimate of drug-likeness (QED) is 0.546. The maximum absolute atomic E-state index is 13.5. The van der Waals surface area contributed by atoms with E-state index in [1.165, 1.54) is 18.3 Å². The van der Waals surface area contributed by atoms with Crippen LogP contribution in [0.25, 0.3) is 0 Å². The van der Waals surface area contributed by atoms with Gasteiger partial charge in [0.25, 0.3) is 10.0 Å². The molecule has 3 aromatic carbocycles. The van der Waals surface area contributed by atoms with Crippen molar-refractivity contribution in [2.75, 3.05) is 4.31 Å². The number of hydrogen-bond acceptors (Lipinski definition) is 3. The fourth-order valence-electron chi connectivity index (χ4n) is 3.10. The molecule has 4 rings (SSSR count). The maximum atomic E-state index is 13.5. The smallest absolute Gasteiger partial charge is 0.254 e. The molecule has 0 aromatic heterocycles. The highest BCUT2D eigenvalue weighted by atomic mass is 32.2. The lowest BCUT2D eigenvalue weighted by Crippen LogP contribution is -2.27. The molecule has 0 radical (unpaired) electrons. The number of fused-ring (bicyclic) bond motifs is 2. The highest BCUT2D eigenvalue weighted by Crippen LogP contribution is 2.44. The highest BCUT2D eigenvalue weighted by Gasteiger charge is 2.35. The topological polar surface area (TPSA) is 49.7 Å². The van der Waals surface area contributed by atoms with Crippen molar-refractivity contribution in [1.29, 1.82) is 0 Å². The molecular formula is C21H15F3N2O2S. The summed E-state index contributed by atoms with van der Waals surface area (Å²) in [5, 5.41) is 0. The van der Waals surface area contributed by atoms with Gasteiger partial charge in [0.1, 0.15) is 0 Å². The van der Waals surface area contributed by atoms with Gasteiger partial charge in [0, 0.05) is 11.8 Å². The van der Waals surface area contributed by atoms with Crippen molar-refractivity contribution < 1.29 is 21.6 Å². The Bertz CT molecular complexity index is 1220. The van der Waals surface area contributed by atoms with Gasteiger partial charge in [-0.15, -0.1) is 0 Å². The van der Waals surface area contributed by atoms with Crippen molar-refractivity contribution in [2.24, 2.45) is 4.99 Å². The molecule has 1 aliphatic rings. The Morgan fingerprint density at radius 2 is 1.59 bits per heavy atom.